The van der Waals surface area contributed by atoms with Crippen LogP contribution >= 0.6 is 15.9 Å². The summed E-state index contributed by atoms with van der Waals surface area (Å²) in [4.78, 5) is 0. The zero-order valence-corrected chi connectivity index (χ0v) is 13.6. The summed E-state index contributed by atoms with van der Waals surface area (Å²) in [7, 11) is 0. The number of hydrogen-bond donors (Lipinski definition) is 1. The molecular formula is C16H24BrNO. The van der Waals surface area contributed by atoms with Gasteiger partial charge < -0.3 is 10.1 Å². The Kier molecular flexibility index (Phi) is 5.43. The molecule has 2 rings (SSSR count). The maximum Gasteiger partial charge on any atom is 0.0565 e. The standard InChI is InChI=1S/C16H24BrNO/c1-4-16(13-6-5-7-14(17)10-13)18-15-8-11(2)19-12(3)9-15/h5-7,10-12,15-16,18H,4,8-9H2,1-3H3/t11-,12-,16-/m0/s1. The Morgan fingerprint density at radius 1 is 1.32 bits per heavy atom. The molecule has 2 nitrogen and oxygen atoms in total. The summed E-state index contributed by atoms with van der Waals surface area (Å²) in [6.45, 7) is 6.58. The van der Waals surface area contributed by atoms with Crippen molar-refractivity contribution in [3.8, 4) is 0 Å². The smallest absolute Gasteiger partial charge is 0.0565 e. The summed E-state index contributed by atoms with van der Waals surface area (Å²) in [5, 5.41) is 3.81. The molecule has 0 amide bonds. The third-order valence-electron chi connectivity index (χ3n) is 3.79. The van der Waals surface area contributed by atoms with Gasteiger partial charge in [0.05, 0.1) is 12.2 Å². The Bertz CT molecular complexity index is 399. The molecule has 1 aromatic rings. The largest absolute Gasteiger partial charge is 0.375 e. The lowest BCUT2D eigenvalue weighted by atomic mass is 9.96. The van der Waals surface area contributed by atoms with E-state index in [1.54, 1.807) is 0 Å². The second-order valence-corrected chi connectivity index (χ2v) is 6.52. The van der Waals surface area contributed by atoms with E-state index < -0.39 is 0 Å². The van der Waals surface area contributed by atoms with E-state index in [-0.39, 0.29) is 0 Å². The first-order valence-electron chi connectivity index (χ1n) is 7.25. The van der Waals surface area contributed by atoms with Gasteiger partial charge in [0, 0.05) is 16.6 Å². The lowest BCUT2D eigenvalue weighted by Crippen LogP contribution is -2.42. The molecule has 0 radical (unpaired) electrons. The first-order valence-corrected chi connectivity index (χ1v) is 8.04. The zero-order valence-electron chi connectivity index (χ0n) is 12.0. The lowest BCUT2D eigenvalue weighted by molar-refractivity contribution is -0.0437. The van der Waals surface area contributed by atoms with E-state index >= 15 is 0 Å². The van der Waals surface area contributed by atoms with E-state index in [9.17, 15) is 0 Å². The molecule has 0 aliphatic carbocycles. The molecule has 1 aliphatic rings. The molecule has 1 N–H and O–H groups in total. The van der Waals surface area contributed by atoms with Crippen LogP contribution in [0.3, 0.4) is 0 Å². The van der Waals surface area contributed by atoms with Gasteiger partial charge in [-0.1, -0.05) is 35.0 Å². The van der Waals surface area contributed by atoms with Crippen LogP contribution < -0.4 is 5.32 Å². The van der Waals surface area contributed by atoms with E-state index in [4.69, 9.17) is 4.74 Å². The molecule has 0 unspecified atom stereocenters. The summed E-state index contributed by atoms with van der Waals surface area (Å²) in [6, 6.07) is 9.60. The summed E-state index contributed by atoms with van der Waals surface area (Å²) in [6.07, 6.45) is 4.04. The maximum absolute atomic E-state index is 5.81. The van der Waals surface area contributed by atoms with Crippen LogP contribution in [0.15, 0.2) is 28.7 Å². The Morgan fingerprint density at radius 2 is 2.00 bits per heavy atom. The van der Waals surface area contributed by atoms with E-state index in [2.05, 4.69) is 66.3 Å². The molecule has 1 saturated heterocycles. The molecule has 0 bridgehead atoms. The van der Waals surface area contributed by atoms with Crippen LogP contribution in [0.2, 0.25) is 0 Å². The van der Waals surface area contributed by atoms with Crippen LogP contribution in [0.5, 0.6) is 0 Å². The minimum absolute atomic E-state index is 0.362. The Morgan fingerprint density at radius 3 is 2.58 bits per heavy atom. The maximum atomic E-state index is 5.81. The van der Waals surface area contributed by atoms with Crippen molar-refractivity contribution in [2.24, 2.45) is 0 Å². The minimum atomic E-state index is 0.362. The topological polar surface area (TPSA) is 21.3 Å². The average Bonchev–Trinajstić information content (AvgIpc) is 2.34. The van der Waals surface area contributed by atoms with Crippen molar-refractivity contribution in [2.75, 3.05) is 0 Å². The molecule has 3 heteroatoms. The number of halogens is 1. The van der Waals surface area contributed by atoms with Crippen molar-refractivity contribution in [1.82, 2.24) is 5.32 Å². The molecule has 0 spiro atoms. The summed E-state index contributed by atoms with van der Waals surface area (Å²) in [5.74, 6) is 0. The predicted molar refractivity (Wildman–Crippen MR) is 83.3 cm³/mol. The van der Waals surface area contributed by atoms with Gasteiger partial charge in [0.15, 0.2) is 0 Å². The van der Waals surface area contributed by atoms with Crippen molar-refractivity contribution in [1.29, 1.82) is 0 Å². The first-order chi connectivity index (χ1) is 9.08. The van der Waals surface area contributed by atoms with Gasteiger partial charge in [0.2, 0.25) is 0 Å². The fourth-order valence-electron chi connectivity index (χ4n) is 3.00. The van der Waals surface area contributed by atoms with E-state index in [0.717, 1.165) is 23.7 Å². The first kappa shape index (κ1) is 15.0. The fourth-order valence-corrected chi connectivity index (χ4v) is 3.42. The highest BCUT2D eigenvalue weighted by atomic mass is 79.9. The van der Waals surface area contributed by atoms with Crippen LogP contribution in [0, 0.1) is 0 Å². The van der Waals surface area contributed by atoms with Gasteiger partial charge >= 0.3 is 0 Å². The van der Waals surface area contributed by atoms with Gasteiger partial charge in [-0.3, -0.25) is 0 Å². The molecule has 0 aromatic heterocycles. The third-order valence-corrected chi connectivity index (χ3v) is 4.29. The van der Waals surface area contributed by atoms with Crippen LogP contribution in [-0.2, 0) is 4.74 Å². The normalized spacial score (nSPS) is 29.2. The lowest BCUT2D eigenvalue weighted by Gasteiger charge is -2.35. The number of benzene rings is 1. The SMILES string of the molecule is CC[C@H](NC1C[C@H](C)O[C@@H](C)C1)c1cccc(Br)c1. The van der Waals surface area contributed by atoms with E-state index in [0.29, 0.717) is 24.3 Å². The number of rotatable bonds is 4. The van der Waals surface area contributed by atoms with Crippen molar-refractivity contribution < 1.29 is 4.74 Å². The van der Waals surface area contributed by atoms with Crippen molar-refractivity contribution in [2.45, 2.75) is 64.3 Å². The summed E-state index contributed by atoms with van der Waals surface area (Å²) in [5.41, 5.74) is 1.36. The Balaban J connectivity index is 2.02. The van der Waals surface area contributed by atoms with Crippen molar-refractivity contribution >= 4 is 15.9 Å². The number of nitrogens with one attached hydrogen (secondary N) is 1. The predicted octanol–water partition coefficient (Wildman–Crippen LogP) is 4.45. The monoisotopic (exact) mass is 325 g/mol. The Labute approximate surface area is 125 Å². The van der Waals surface area contributed by atoms with Crippen molar-refractivity contribution in [3.63, 3.8) is 0 Å². The van der Waals surface area contributed by atoms with E-state index in [1.807, 2.05) is 0 Å². The summed E-state index contributed by atoms with van der Waals surface area (Å²) < 4.78 is 6.96. The van der Waals surface area contributed by atoms with Crippen LogP contribution in [0.25, 0.3) is 0 Å². The van der Waals surface area contributed by atoms with Crippen LogP contribution in [0.4, 0.5) is 0 Å². The average molecular weight is 326 g/mol. The molecule has 0 saturated carbocycles. The van der Waals surface area contributed by atoms with Gasteiger partial charge in [-0.05, 0) is 50.8 Å². The highest BCUT2D eigenvalue weighted by molar-refractivity contribution is 9.10. The summed E-state index contributed by atoms with van der Waals surface area (Å²) >= 11 is 3.56. The van der Waals surface area contributed by atoms with Crippen LogP contribution in [-0.4, -0.2) is 18.2 Å². The fraction of sp³-hybridized carbons (Fsp3) is 0.625. The van der Waals surface area contributed by atoms with Crippen LogP contribution in [0.1, 0.15) is 51.6 Å². The molecule has 1 aliphatic heterocycles. The van der Waals surface area contributed by atoms with Gasteiger partial charge in [-0.2, -0.15) is 0 Å². The van der Waals surface area contributed by atoms with Crippen molar-refractivity contribution in [3.05, 3.63) is 34.3 Å². The highest BCUT2D eigenvalue weighted by Crippen LogP contribution is 2.25. The number of ether oxygens (including phenoxy) is 1. The van der Waals surface area contributed by atoms with Gasteiger partial charge in [0.1, 0.15) is 0 Å². The zero-order chi connectivity index (χ0) is 13.8. The Hall–Kier alpha value is -0.380. The molecule has 106 valence electrons. The second-order valence-electron chi connectivity index (χ2n) is 5.61. The van der Waals surface area contributed by atoms with Gasteiger partial charge in [-0.25, -0.2) is 0 Å². The van der Waals surface area contributed by atoms with Gasteiger partial charge in [0.25, 0.3) is 0 Å². The number of hydrogen-bond acceptors (Lipinski definition) is 2. The molecule has 1 aromatic carbocycles. The molecule has 1 fully saturated rings. The molecule has 3 atom stereocenters. The van der Waals surface area contributed by atoms with E-state index in [1.165, 1.54) is 5.56 Å². The van der Waals surface area contributed by atoms with Gasteiger partial charge in [-0.15, -0.1) is 0 Å². The third kappa shape index (κ3) is 4.30. The minimum Gasteiger partial charge on any atom is -0.375 e. The second kappa shape index (κ2) is 6.87. The molecule has 19 heavy (non-hydrogen) atoms. The molecule has 1 heterocycles. The highest BCUT2D eigenvalue weighted by Gasteiger charge is 2.26. The molecular weight excluding hydrogens is 302 g/mol. The quantitative estimate of drug-likeness (QED) is 0.883.